The molecule has 162 valence electrons. The second-order valence-corrected chi connectivity index (χ2v) is 11.2. The number of hydrogen-bond acceptors (Lipinski definition) is 4. The largest absolute Gasteiger partial charge is 0.777 e. The van der Waals surface area contributed by atoms with Crippen LogP contribution in [0.1, 0.15) is 84.0 Å². The van der Waals surface area contributed by atoms with Crippen LogP contribution in [0.15, 0.2) is 0 Å². The fourth-order valence-electron chi connectivity index (χ4n) is 3.96. The third-order valence-corrected chi connectivity index (χ3v) is 7.31. The van der Waals surface area contributed by atoms with Crippen LogP contribution in [-0.2, 0) is 13.8 Å². The molecule has 0 heterocycles. The average molecular weight is 406 g/mol. The van der Waals surface area contributed by atoms with Gasteiger partial charge >= 0.3 is 0 Å². The highest BCUT2D eigenvalue weighted by Crippen LogP contribution is 2.47. The summed E-state index contributed by atoms with van der Waals surface area (Å²) in [6.07, 6.45) is 14.5. The summed E-state index contributed by atoms with van der Waals surface area (Å²) in [6, 6.07) is 0. The van der Waals surface area contributed by atoms with Crippen LogP contribution in [0.3, 0.4) is 0 Å². The lowest BCUT2D eigenvalue weighted by Gasteiger charge is -2.39. The number of hydrogen-bond donors (Lipinski definition) is 0. The fraction of sp³-hybridized carbons (Fsp3) is 1.00. The minimum atomic E-state index is -4.01. The molecule has 1 saturated carbocycles. The van der Waals surface area contributed by atoms with Crippen molar-refractivity contribution in [3.05, 3.63) is 0 Å². The first kappa shape index (κ1) is 25.1. The van der Waals surface area contributed by atoms with Crippen LogP contribution in [0.5, 0.6) is 0 Å². The van der Waals surface area contributed by atoms with E-state index in [1.807, 2.05) is 21.1 Å². The number of nitrogens with zero attached hydrogens (tertiary/aromatic N) is 1. The lowest BCUT2D eigenvalue weighted by molar-refractivity contribution is -0.872. The van der Waals surface area contributed by atoms with Crippen LogP contribution in [0.2, 0.25) is 0 Å². The number of rotatable bonds is 14. The molecular weight excluding hydrogens is 361 g/mol. The molecule has 1 aliphatic carbocycles. The number of likely N-dealkylation sites (N-methyl/N-ethyl adjacent to an activating group) is 1. The molecule has 0 radical (unpaired) electrons. The van der Waals surface area contributed by atoms with Gasteiger partial charge in [0, 0.05) is 7.11 Å². The number of methoxy groups -OCH3 is 1. The predicted molar refractivity (Wildman–Crippen MR) is 111 cm³/mol. The number of ether oxygens (including phenoxy) is 1. The third kappa shape index (κ3) is 11.0. The Morgan fingerprint density at radius 1 is 1.00 bits per heavy atom. The minimum Gasteiger partial charge on any atom is -0.777 e. The molecule has 0 aromatic heterocycles. The Balaban J connectivity index is 2.26. The highest BCUT2D eigenvalue weighted by atomic mass is 31.2. The Hall–Kier alpha value is 0.0700. The van der Waals surface area contributed by atoms with E-state index in [0.717, 1.165) is 31.6 Å². The van der Waals surface area contributed by atoms with E-state index in [1.54, 1.807) is 0 Å². The van der Waals surface area contributed by atoms with Crippen LogP contribution in [-0.4, -0.2) is 51.2 Å². The molecule has 27 heavy (non-hydrogen) atoms. The molecule has 0 aromatic carbocycles. The molecular formula is C21H44NO4P. The summed E-state index contributed by atoms with van der Waals surface area (Å²) >= 11 is 0. The van der Waals surface area contributed by atoms with Gasteiger partial charge in [-0.3, -0.25) is 0 Å². The normalized spacial score (nSPS) is 24.5. The molecule has 1 rings (SSSR count). The third-order valence-electron chi connectivity index (χ3n) is 5.63. The van der Waals surface area contributed by atoms with Crippen molar-refractivity contribution >= 4 is 7.60 Å². The Labute approximate surface area is 167 Å². The second-order valence-electron chi connectivity index (χ2n) is 9.36. The quantitative estimate of drug-likeness (QED) is 0.233. The first-order chi connectivity index (χ1) is 12.7. The summed E-state index contributed by atoms with van der Waals surface area (Å²) in [5.41, 5.74) is 0. The van der Waals surface area contributed by atoms with Gasteiger partial charge in [-0.25, -0.2) is 0 Å². The molecule has 2 atom stereocenters. The fourth-order valence-corrected chi connectivity index (χ4v) is 5.67. The topological polar surface area (TPSA) is 58.6 Å². The van der Waals surface area contributed by atoms with Gasteiger partial charge in [-0.15, -0.1) is 0 Å². The summed E-state index contributed by atoms with van der Waals surface area (Å²) < 4.78 is 23.9. The Kier molecular flexibility index (Phi) is 11.7. The van der Waals surface area contributed by atoms with E-state index in [-0.39, 0.29) is 6.10 Å². The summed E-state index contributed by atoms with van der Waals surface area (Å²) in [5, 5.41) is 0. The van der Waals surface area contributed by atoms with Gasteiger partial charge in [0.1, 0.15) is 6.54 Å². The zero-order valence-corrected chi connectivity index (χ0v) is 19.3. The van der Waals surface area contributed by atoms with E-state index >= 15 is 0 Å². The van der Waals surface area contributed by atoms with Crippen molar-refractivity contribution < 1.29 is 23.2 Å². The van der Waals surface area contributed by atoms with E-state index in [4.69, 9.17) is 9.26 Å². The lowest BCUT2D eigenvalue weighted by Crippen LogP contribution is -2.44. The smallest absolute Gasteiger partial charge is 0.169 e. The molecule has 0 aliphatic heterocycles. The molecule has 0 bridgehead atoms. The molecule has 6 heteroatoms. The molecule has 0 aromatic rings. The second kappa shape index (κ2) is 12.6. The summed E-state index contributed by atoms with van der Waals surface area (Å²) in [6.45, 7) is 2.65. The monoisotopic (exact) mass is 405 g/mol. The van der Waals surface area contributed by atoms with Crippen LogP contribution in [0.4, 0.5) is 0 Å². The van der Waals surface area contributed by atoms with Crippen LogP contribution in [0, 0.1) is 5.92 Å². The van der Waals surface area contributed by atoms with Crippen LogP contribution < -0.4 is 4.89 Å². The predicted octanol–water partition coefficient (Wildman–Crippen LogP) is 4.93. The summed E-state index contributed by atoms with van der Waals surface area (Å²) in [7, 11) is 3.31. The lowest BCUT2D eigenvalue weighted by atomic mass is 9.84. The van der Waals surface area contributed by atoms with Crippen LogP contribution >= 0.6 is 7.60 Å². The maximum atomic E-state index is 12.6. The Morgan fingerprint density at radius 3 is 2.07 bits per heavy atom. The van der Waals surface area contributed by atoms with Crippen molar-refractivity contribution in [1.29, 1.82) is 0 Å². The number of unbranched alkanes of at least 4 members (excludes halogenated alkanes) is 6. The van der Waals surface area contributed by atoms with Crippen molar-refractivity contribution in [3.8, 4) is 0 Å². The van der Waals surface area contributed by atoms with E-state index in [2.05, 4.69) is 6.92 Å². The van der Waals surface area contributed by atoms with Gasteiger partial charge < -0.3 is 23.2 Å². The van der Waals surface area contributed by atoms with Gasteiger partial charge in [-0.1, -0.05) is 58.3 Å². The van der Waals surface area contributed by atoms with E-state index in [9.17, 15) is 9.46 Å². The zero-order chi connectivity index (χ0) is 20.3. The molecule has 5 nitrogen and oxygen atoms in total. The molecule has 2 unspecified atom stereocenters. The van der Waals surface area contributed by atoms with E-state index in [0.29, 0.717) is 11.0 Å². The first-order valence-electron chi connectivity index (χ1n) is 11.0. The van der Waals surface area contributed by atoms with Gasteiger partial charge in [-0.05, 0) is 31.6 Å². The van der Waals surface area contributed by atoms with Crippen LogP contribution in [0.25, 0.3) is 0 Å². The van der Waals surface area contributed by atoms with Gasteiger partial charge in [0.05, 0.1) is 27.2 Å². The summed E-state index contributed by atoms with van der Waals surface area (Å²) in [5.74, 6) is -0.126. The maximum Gasteiger partial charge on any atom is 0.169 e. The number of quaternary nitrogens is 1. The van der Waals surface area contributed by atoms with Gasteiger partial charge in [0.25, 0.3) is 0 Å². The molecule has 0 N–H and O–H groups in total. The van der Waals surface area contributed by atoms with Crippen molar-refractivity contribution in [3.63, 3.8) is 0 Å². The molecule has 1 aliphatic rings. The molecule has 0 spiro atoms. The average Bonchev–Trinajstić information content (AvgIpc) is 2.59. The summed E-state index contributed by atoms with van der Waals surface area (Å²) in [4.78, 5) is 12.6. The maximum absolute atomic E-state index is 12.6. The highest BCUT2D eigenvalue weighted by molar-refractivity contribution is 7.52. The molecule has 1 fully saturated rings. The highest BCUT2D eigenvalue weighted by Gasteiger charge is 2.33. The Morgan fingerprint density at radius 2 is 1.56 bits per heavy atom. The zero-order valence-electron chi connectivity index (χ0n) is 18.5. The Bertz CT molecular complexity index is 430. The van der Waals surface area contributed by atoms with Crippen molar-refractivity contribution in [2.24, 2.45) is 5.92 Å². The van der Waals surface area contributed by atoms with E-state index < -0.39 is 13.4 Å². The minimum absolute atomic E-state index is 0.163. The standard InChI is InChI=1S/C21H44NO4P/c1-6-7-8-9-10-11-12-13-19-14-16-20(17-15-19)26-27(23,24)21(25-5)18-22(2,3)4/h19-21H,6-18H2,1-5H3. The van der Waals surface area contributed by atoms with Crippen molar-refractivity contribution in [2.75, 3.05) is 34.8 Å². The molecule has 0 amide bonds. The SMILES string of the molecule is CCCCCCCCCC1CCC(OP(=O)([O-])C(C[N+](C)(C)C)OC)CC1. The first-order valence-corrected chi connectivity index (χ1v) is 12.6. The van der Waals surface area contributed by atoms with Crippen molar-refractivity contribution in [2.45, 2.75) is 95.9 Å². The van der Waals surface area contributed by atoms with Gasteiger partial charge in [0.2, 0.25) is 0 Å². The molecule has 0 saturated heterocycles. The van der Waals surface area contributed by atoms with E-state index in [1.165, 1.54) is 58.5 Å². The van der Waals surface area contributed by atoms with Gasteiger partial charge in [-0.2, -0.15) is 0 Å². The van der Waals surface area contributed by atoms with Gasteiger partial charge in [0.15, 0.2) is 13.4 Å². The van der Waals surface area contributed by atoms with Crippen molar-refractivity contribution in [1.82, 2.24) is 0 Å².